The van der Waals surface area contributed by atoms with Crippen LogP contribution in [0.15, 0.2) is 23.4 Å². The first-order chi connectivity index (χ1) is 10.6. The van der Waals surface area contributed by atoms with Gasteiger partial charge >= 0.3 is 6.61 Å². The van der Waals surface area contributed by atoms with Gasteiger partial charge in [-0.15, -0.1) is 11.6 Å². The number of sulfone groups is 1. The number of halogens is 3. The van der Waals surface area contributed by atoms with Crippen molar-refractivity contribution in [2.75, 3.05) is 5.88 Å². The van der Waals surface area contributed by atoms with Crippen molar-refractivity contribution in [1.82, 2.24) is 0 Å². The Kier molecular flexibility index (Phi) is 5.15. The quantitative estimate of drug-likeness (QED) is 0.749. The predicted molar refractivity (Wildman–Crippen MR) is 82.7 cm³/mol. The number of nitrogens with zero attached hydrogens (tertiary/aromatic N) is 1. The fraction of sp³-hybridized carbons (Fsp3) is 0.500. The second-order valence-corrected chi connectivity index (χ2v) is 7.84. The number of hydrogen-bond acceptors (Lipinski definition) is 5. The summed E-state index contributed by atoms with van der Waals surface area (Å²) in [5, 5.41) is 3.45. The molecule has 0 spiro atoms. The molecule has 0 saturated carbocycles. The van der Waals surface area contributed by atoms with Crippen LogP contribution in [0.5, 0.6) is 5.75 Å². The molecule has 0 aromatic heterocycles. The Bertz CT molecular complexity index is 723. The largest absolute Gasteiger partial charge is 0.435 e. The minimum absolute atomic E-state index is 0.0374. The highest BCUT2D eigenvalue weighted by molar-refractivity contribution is 8.05. The molecule has 0 saturated heterocycles. The van der Waals surface area contributed by atoms with Crippen molar-refractivity contribution in [2.24, 2.45) is 5.16 Å². The number of oxime groups is 1. The molecule has 1 aromatic carbocycles. The highest BCUT2D eigenvalue weighted by Gasteiger charge is 2.39. The van der Waals surface area contributed by atoms with Crippen LogP contribution in [0.1, 0.15) is 24.5 Å². The van der Waals surface area contributed by atoms with Gasteiger partial charge in [-0.05, 0) is 19.9 Å². The van der Waals surface area contributed by atoms with Crippen molar-refractivity contribution in [3.8, 4) is 5.75 Å². The molecule has 0 N–H and O–H groups in total. The van der Waals surface area contributed by atoms with Gasteiger partial charge in [0.05, 0.1) is 11.6 Å². The van der Waals surface area contributed by atoms with E-state index >= 15 is 0 Å². The fourth-order valence-corrected chi connectivity index (χ4v) is 3.72. The van der Waals surface area contributed by atoms with Gasteiger partial charge < -0.3 is 9.57 Å². The first kappa shape index (κ1) is 17.9. The third kappa shape index (κ3) is 4.32. The van der Waals surface area contributed by atoms with E-state index in [-0.39, 0.29) is 28.7 Å². The summed E-state index contributed by atoms with van der Waals surface area (Å²) in [6, 6.07) is 4.38. The Morgan fingerprint density at radius 2 is 2.17 bits per heavy atom. The maximum atomic E-state index is 12.5. The first-order valence-electron chi connectivity index (χ1n) is 6.73. The topological polar surface area (TPSA) is 65.0 Å². The molecular weight excluding hydrogens is 352 g/mol. The number of ether oxygens (including phenoxy) is 1. The van der Waals surface area contributed by atoms with Crippen LogP contribution in [0.2, 0.25) is 0 Å². The lowest BCUT2D eigenvalue weighted by Gasteiger charge is -2.16. The normalized spacial score (nSPS) is 21.2. The van der Waals surface area contributed by atoms with Crippen LogP contribution in [-0.2, 0) is 20.4 Å². The van der Waals surface area contributed by atoms with Gasteiger partial charge in [0, 0.05) is 12.0 Å². The molecule has 0 radical (unpaired) electrons. The zero-order valence-corrected chi connectivity index (χ0v) is 14.1. The third-order valence-electron chi connectivity index (χ3n) is 3.31. The number of alkyl halides is 3. The predicted octanol–water partition coefficient (Wildman–Crippen LogP) is 3.24. The minimum Gasteiger partial charge on any atom is -0.435 e. The van der Waals surface area contributed by atoms with Gasteiger partial charge in [-0.25, -0.2) is 8.42 Å². The molecule has 5 nitrogen and oxygen atoms in total. The van der Waals surface area contributed by atoms with E-state index in [1.54, 1.807) is 19.9 Å². The summed E-state index contributed by atoms with van der Waals surface area (Å²) in [6.45, 7) is 0.332. The summed E-state index contributed by atoms with van der Waals surface area (Å²) in [5.41, 5.74) is -0.00159. The zero-order valence-electron chi connectivity index (χ0n) is 12.6. The number of aryl methyl sites for hydroxylation is 1. The smallest absolute Gasteiger partial charge is 0.387 e. The molecule has 0 aliphatic carbocycles. The molecule has 0 bridgehead atoms. The monoisotopic (exact) mass is 367 g/mol. The molecule has 1 aliphatic rings. The maximum absolute atomic E-state index is 12.5. The lowest BCUT2D eigenvalue weighted by atomic mass is 10.1. The highest BCUT2D eigenvalue weighted by atomic mass is 35.5. The Morgan fingerprint density at radius 1 is 1.48 bits per heavy atom. The van der Waals surface area contributed by atoms with Gasteiger partial charge in [0.1, 0.15) is 5.75 Å². The van der Waals surface area contributed by atoms with Crippen molar-refractivity contribution < 1.29 is 26.8 Å². The number of rotatable bonds is 5. The van der Waals surface area contributed by atoms with Gasteiger partial charge in [0.2, 0.25) is 0 Å². The Balaban J connectivity index is 2.26. The summed E-state index contributed by atoms with van der Waals surface area (Å²) in [4.78, 5) is 5.07. The van der Waals surface area contributed by atoms with Crippen LogP contribution < -0.4 is 4.74 Å². The van der Waals surface area contributed by atoms with Gasteiger partial charge in [0.25, 0.3) is 0 Å². The summed E-state index contributed by atoms with van der Waals surface area (Å²) in [7, 11) is -3.83. The fourth-order valence-electron chi connectivity index (χ4n) is 2.10. The van der Waals surface area contributed by atoms with Crippen molar-refractivity contribution in [3.05, 3.63) is 29.3 Å². The summed E-state index contributed by atoms with van der Waals surface area (Å²) in [5.74, 6) is -0.592. The van der Waals surface area contributed by atoms with Crippen molar-refractivity contribution in [3.63, 3.8) is 0 Å². The first-order valence-corrected chi connectivity index (χ1v) is 8.92. The number of hydrogen-bond donors (Lipinski definition) is 0. The standard InChI is InChI=1S/C14H16ClF2NO4S/c1-9-3-4-11(21-13(16)17)10(5-9)7-23(19,20)12-6-14(2,8-15)22-18-12/h3-5,13H,6-8H2,1-2H3. The SMILES string of the molecule is Cc1ccc(OC(F)F)c(CS(=O)(=O)C2=NOC(C)(CCl)C2)c1. The lowest BCUT2D eigenvalue weighted by molar-refractivity contribution is -0.0503. The molecule has 0 amide bonds. The van der Waals surface area contributed by atoms with Crippen LogP contribution in [0.25, 0.3) is 0 Å². The molecule has 1 aromatic rings. The van der Waals surface area contributed by atoms with E-state index in [1.165, 1.54) is 12.1 Å². The van der Waals surface area contributed by atoms with E-state index in [0.29, 0.717) is 0 Å². The van der Waals surface area contributed by atoms with Crippen molar-refractivity contribution >= 4 is 26.5 Å². The minimum atomic E-state index is -3.83. The van der Waals surface area contributed by atoms with Crippen LogP contribution in [-0.4, -0.2) is 31.6 Å². The van der Waals surface area contributed by atoms with E-state index in [4.69, 9.17) is 16.4 Å². The lowest BCUT2D eigenvalue weighted by Crippen LogP contribution is -2.28. The van der Waals surface area contributed by atoms with Crippen molar-refractivity contribution in [2.45, 2.75) is 38.2 Å². The van der Waals surface area contributed by atoms with E-state index in [9.17, 15) is 17.2 Å². The van der Waals surface area contributed by atoms with Gasteiger partial charge in [-0.1, -0.05) is 22.9 Å². The van der Waals surface area contributed by atoms with Crippen molar-refractivity contribution in [1.29, 1.82) is 0 Å². The second kappa shape index (κ2) is 6.60. The molecule has 1 heterocycles. The second-order valence-electron chi connectivity index (χ2n) is 5.59. The average molecular weight is 368 g/mol. The highest BCUT2D eigenvalue weighted by Crippen LogP contribution is 2.30. The summed E-state index contributed by atoms with van der Waals surface area (Å²) >= 11 is 5.73. The van der Waals surface area contributed by atoms with Gasteiger partial charge in [-0.3, -0.25) is 0 Å². The van der Waals surface area contributed by atoms with E-state index < -0.39 is 27.8 Å². The molecule has 2 rings (SSSR count). The summed E-state index contributed by atoms with van der Waals surface area (Å²) < 4.78 is 54.2. The molecule has 1 atom stereocenters. The Labute approximate surface area is 138 Å². The molecule has 0 fully saturated rings. The van der Waals surface area contributed by atoms with E-state index in [0.717, 1.165) is 5.56 Å². The van der Waals surface area contributed by atoms with E-state index in [1.807, 2.05) is 0 Å². The molecule has 1 unspecified atom stereocenters. The Hall–Kier alpha value is -1.41. The van der Waals surface area contributed by atoms with Crippen LogP contribution in [0.3, 0.4) is 0 Å². The maximum Gasteiger partial charge on any atom is 0.387 e. The Morgan fingerprint density at radius 3 is 2.74 bits per heavy atom. The van der Waals surface area contributed by atoms with Gasteiger partial charge in [0.15, 0.2) is 20.5 Å². The molecular formula is C14H16ClF2NO4S. The third-order valence-corrected chi connectivity index (χ3v) is 5.51. The zero-order chi connectivity index (χ0) is 17.3. The van der Waals surface area contributed by atoms with Crippen LogP contribution in [0, 0.1) is 6.92 Å². The summed E-state index contributed by atoms with van der Waals surface area (Å²) in [6.07, 6.45) is 0.0374. The molecule has 128 valence electrons. The molecule has 9 heteroatoms. The van der Waals surface area contributed by atoms with Crippen LogP contribution in [0.4, 0.5) is 8.78 Å². The molecule has 1 aliphatic heterocycles. The van der Waals surface area contributed by atoms with Gasteiger partial charge in [-0.2, -0.15) is 8.78 Å². The van der Waals surface area contributed by atoms with Crippen LogP contribution >= 0.6 is 11.6 Å². The van der Waals surface area contributed by atoms with E-state index in [2.05, 4.69) is 9.89 Å². The molecule has 23 heavy (non-hydrogen) atoms. The average Bonchev–Trinajstić information content (AvgIpc) is 2.85. The number of benzene rings is 1.